The molecule has 6 heteroatoms. The maximum atomic E-state index is 11.5. The zero-order valence-corrected chi connectivity index (χ0v) is 13.4. The summed E-state index contributed by atoms with van der Waals surface area (Å²) >= 11 is 0. The Labute approximate surface area is 140 Å². The highest BCUT2D eigenvalue weighted by atomic mass is 16.5. The topological polar surface area (TPSA) is 84.7 Å². The third-order valence-electron chi connectivity index (χ3n) is 3.83. The molecular formula is C18H19N3O3. The molecule has 24 heavy (non-hydrogen) atoms. The number of carbonyl (C=O) groups excluding carboxylic acids is 2. The van der Waals surface area contributed by atoms with E-state index in [0.717, 1.165) is 16.9 Å². The molecule has 1 heterocycles. The Bertz CT molecular complexity index is 758. The van der Waals surface area contributed by atoms with E-state index in [1.165, 1.54) is 6.92 Å². The van der Waals surface area contributed by atoms with Gasteiger partial charge in [0.15, 0.2) is 6.10 Å². The highest BCUT2D eigenvalue weighted by Gasteiger charge is 2.29. The average molecular weight is 325 g/mol. The lowest BCUT2D eigenvalue weighted by Gasteiger charge is -2.35. The number of benzene rings is 2. The monoisotopic (exact) mass is 325 g/mol. The molecule has 2 aromatic rings. The first-order valence-electron chi connectivity index (χ1n) is 7.69. The summed E-state index contributed by atoms with van der Waals surface area (Å²) in [6, 6.07) is 15.2. The molecule has 0 saturated heterocycles. The van der Waals surface area contributed by atoms with Crippen LogP contribution in [0.15, 0.2) is 48.5 Å². The number of carbonyl (C=O) groups is 2. The van der Waals surface area contributed by atoms with Crippen LogP contribution >= 0.6 is 0 Å². The Kier molecular flexibility index (Phi) is 4.37. The van der Waals surface area contributed by atoms with Crippen molar-refractivity contribution in [3.63, 3.8) is 0 Å². The van der Waals surface area contributed by atoms with Crippen LogP contribution in [0.4, 0.5) is 11.4 Å². The van der Waals surface area contributed by atoms with Gasteiger partial charge < -0.3 is 20.7 Å². The summed E-state index contributed by atoms with van der Waals surface area (Å²) < 4.78 is 5.66. The van der Waals surface area contributed by atoms with Crippen LogP contribution in [0.1, 0.15) is 12.5 Å². The van der Waals surface area contributed by atoms with Crippen molar-refractivity contribution in [2.24, 2.45) is 5.73 Å². The summed E-state index contributed by atoms with van der Waals surface area (Å²) in [5.74, 6) is 0.0760. The molecule has 6 nitrogen and oxygen atoms in total. The standard InChI is InChI=1S/C18H19N3O3/c1-12(22)20-14-8-6-13(7-9-14)10-21-11-17(18(19)23)24-16-5-3-2-4-15(16)21/h2-9,17H,10-11H2,1H3,(H2,19,23)(H,20,22). The molecular weight excluding hydrogens is 306 g/mol. The van der Waals surface area contributed by atoms with Crippen LogP contribution in [0.25, 0.3) is 0 Å². The first-order valence-corrected chi connectivity index (χ1v) is 7.69. The van der Waals surface area contributed by atoms with Crippen molar-refractivity contribution < 1.29 is 14.3 Å². The van der Waals surface area contributed by atoms with Crippen LogP contribution in [0.3, 0.4) is 0 Å². The lowest BCUT2D eigenvalue weighted by Crippen LogP contribution is -2.46. The van der Waals surface area contributed by atoms with Crippen molar-refractivity contribution in [3.05, 3.63) is 54.1 Å². The second-order valence-electron chi connectivity index (χ2n) is 5.74. The summed E-state index contributed by atoms with van der Waals surface area (Å²) in [6.07, 6.45) is -0.668. The van der Waals surface area contributed by atoms with Gasteiger partial charge in [0.2, 0.25) is 5.91 Å². The van der Waals surface area contributed by atoms with Crippen molar-refractivity contribution in [2.45, 2.75) is 19.6 Å². The van der Waals surface area contributed by atoms with Crippen molar-refractivity contribution in [1.82, 2.24) is 0 Å². The van der Waals surface area contributed by atoms with Crippen LogP contribution in [-0.4, -0.2) is 24.5 Å². The predicted octanol–water partition coefficient (Wildman–Crippen LogP) is 1.90. The normalized spacial score (nSPS) is 16.0. The van der Waals surface area contributed by atoms with Crippen LogP contribution in [0.2, 0.25) is 0 Å². The summed E-state index contributed by atoms with van der Waals surface area (Å²) in [5.41, 5.74) is 8.16. The fourth-order valence-corrected chi connectivity index (χ4v) is 2.72. The fourth-order valence-electron chi connectivity index (χ4n) is 2.72. The van der Waals surface area contributed by atoms with E-state index in [1.807, 2.05) is 48.5 Å². The molecule has 0 saturated carbocycles. The number of ether oxygens (including phenoxy) is 1. The number of nitrogens with one attached hydrogen (secondary N) is 1. The highest BCUT2D eigenvalue weighted by Crippen LogP contribution is 2.34. The molecule has 2 aromatic carbocycles. The molecule has 0 bridgehead atoms. The van der Waals surface area contributed by atoms with Crippen LogP contribution < -0.4 is 20.7 Å². The minimum absolute atomic E-state index is 0.103. The molecule has 0 fully saturated rings. The van der Waals surface area contributed by atoms with E-state index in [9.17, 15) is 9.59 Å². The van der Waals surface area contributed by atoms with Gasteiger partial charge in [0.05, 0.1) is 12.2 Å². The number of hydrogen-bond acceptors (Lipinski definition) is 4. The van der Waals surface area contributed by atoms with Gasteiger partial charge in [0.1, 0.15) is 5.75 Å². The third kappa shape index (κ3) is 3.48. The lowest BCUT2D eigenvalue weighted by molar-refractivity contribution is -0.124. The molecule has 2 amide bonds. The maximum absolute atomic E-state index is 11.5. The first kappa shape index (κ1) is 15.9. The molecule has 1 aliphatic rings. The second-order valence-corrected chi connectivity index (χ2v) is 5.74. The molecule has 0 radical (unpaired) electrons. The van der Waals surface area contributed by atoms with Crippen molar-refractivity contribution in [1.29, 1.82) is 0 Å². The van der Waals surface area contributed by atoms with Crippen molar-refractivity contribution in [2.75, 3.05) is 16.8 Å². The molecule has 0 aliphatic carbocycles. The molecule has 1 unspecified atom stereocenters. The van der Waals surface area contributed by atoms with E-state index in [1.54, 1.807) is 0 Å². The Morgan fingerprint density at radius 2 is 1.92 bits per heavy atom. The Morgan fingerprint density at radius 3 is 2.58 bits per heavy atom. The number of anilines is 2. The largest absolute Gasteiger partial charge is 0.477 e. The number of amides is 2. The van der Waals surface area contributed by atoms with E-state index in [2.05, 4.69) is 10.2 Å². The first-order chi connectivity index (χ1) is 11.5. The summed E-state index contributed by atoms with van der Waals surface area (Å²) in [5, 5.41) is 2.74. The van der Waals surface area contributed by atoms with Gasteiger partial charge in [-0.2, -0.15) is 0 Å². The number of nitrogens with two attached hydrogens (primary N) is 1. The highest BCUT2D eigenvalue weighted by molar-refractivity contribution is 5.88. The zero-order valence-electron chi connectivity index (χ0n) is 13.4. The smallest absolute Gasteiger partial charge is 0.260 e. The van der Waals surface area contributed by atoms with Gasteiger partial charge in [-0.15, -0.1) is 0 Å². The van der Waals surface area contributed by atoms with Crippen LogP contribution in [-0.2, 0) is 16.1 Å². The Morgan fingerprint density at radius 1 is 1.21 bits per heavy atom. The van der Waals surface area contributed by atoms with Crippen LogP contribution in [0.5, 0.6) is 5.75 Å². The van der Waals surface area contributed by atoms with E-state index in [-0.39, 0.29) is 5.91 Å². The van der Waals surface area contributed by atoms with Gasteiger partial charge in [-0.25, -0.2) is 0 Å². The molecule has 0 aromatic heterocycles. The number of rotatable bonds is 4. The summed E-state index contributed by atoms with van der Waals surface area (Å²) in [6.45, 7) is 2.49. The molecule has 0 spiro atoms. The Hall–Kier alpha value is -3.02. The van der Waals surface area contributed by atoms with Gasteiger partial charge in [-0.3, -0.25) is 9.59 Å². The minimum Gasteiger partial charge on any atom is -0.477 e. The molecule has 124 valence electrons. The van der Waals surface area contributed by atoms with Crippen molar-refractivity contribution in [3.8, 4) is 5.75 Å². The van der Waals surface area contributed by atoms with Crippen molar-refractivity contribution >= 4 is 23.2 Å². The zero-order chi connectivity index (χ0) is 17.1. The average Bonchev–Trinajstić information content (AvgIpc) is 2.56. The van der Waals surface area contributed by atoms with E-state index in [4.69, 9.17) is 10.5 Å². The third-order valence-corrected chi connectivity index (χ3v) is 3.83. The van der Waals surface area contributed by atoms with Gasteiger partial charge >= 0.3 is 0 Å². The SMILES string of the molecule is CC(=O)Nc1ccc(CN2CC(C(N)=O)Oc3ccccc32)cc1. The van der Waals surface area contributed by atoms with Gasteiger partial charge in [0, 0.05) is 19.2 Å². The molecule has 1 aliphatic heterocycles. The number of hydrogen-bond donors (Lipinski definition) is 2. The van der Waals surface area contributed by atoms with Gasteiger partial charge in [-0.05, 0) is 29.8 Å². The van der Waals surface area contributed by atoms with Crippen LogP contribution in [0, 0.1) is 0 Å². The van der Waals surface area contributed by atoms with Gasteiger partial charge in [-0.1, -0.05) is 24.3 Å². The second kappa shape index (κ2) is 6.62. The number of fused-ring (bicyclic) bond motifs is 1. The van der Waals surface area contributed by atoms with Gasteiger partial charge in [0.25, 0.3) is 5.91 Å². The summed E-state index contributed by atoms with van der Waals surface area (Å²) in [7, 11) is 0. The summed E-state index contributed by atoms with van der Waals surface area (Å²) in [4.78, 5) is 24.7. The van der Waals surface area contributed by atoms with E-state index < -0.39 is 12.0 Å². The maximum Gasteiger partial charge on any atom is 0.260 e. The number of nitrogens with zero attached hydrogens (tertiary/aromatic N) is 1. The molecule has 3 rings (SSSR count). The number of primary amides is 1. The predicted molar refractivity (Wildman–Crippen MR) is 91.8 cm³/mol. The molecule has 3 N–H and O–H groups in total. The Balaban J connectivity index is 1.80. The number of para-hydroxylation sites is 2. The van der Waals surface area contributed by atoms with E-state index in [0.29, 0.717) is 18.8 Å². The fraction of sp³-hybridized carbons (Fsp3) is 0.222. The van der Waals surface area contributed by atoms with E-state index >= 15 is 0 Å². The lowest BCUT2D eigenvalue weighted by atomic mass is 10.1. The quantitative estimate of drug-likeness (QED) is 0.899. The molecule has 1 atom stereocenters. The minimum atomic E-state index is -0.668.